The van der Waals surface area contributed by atoms with E-state index in [2.05, 4.69) is 16.9 Å². The van der Waals surface area contributed by atoms with Crippen molar-refractivity contribution in [1.29, 1.82) is 0 Å². The van der Waals surface area contributed by atoms with E-state index in [1.807, 2.05) is 43.6 Å². The third-order valence-corrected chi connectivity index (χ3v) is 4.59. The minimum absolute atomic E-state index is 0.0365. The molecule has 0 aliphatic rings. The highest BCUT2D eigenvalue weighted by Gasteiger charge is 2.22. The molecule has 1 aromatic heterocycles. The molecule has 2 aromatic rings. The fourth-order valence-corrected chi connectivity index (χ4v) is 3.39. The lowest BCUT2D eigenvalue weighted by Crippen LogP contribution is -2.36. The quantitative estimate of drug-likeness (QED) is 0.917. The van der Waals surface area contributed by atoms with Crippen LogP contribution in [0.4, 0.5) is 0 Å². The topological polar surface area (TPSA) is 42.2 Å². The van der Waals surface area contributed by atoms with E-state index < -0.39 is 0 Å². The smallest absolute Gasteiger partial charge is 0.0798 e. The Morgan fingerprint density at radius 3 is 2.50 bits per heavy atom. The van der Waals surface area contributed by atoms with Gasteiger partial charge in [-0.15, -0.1) is 11.3 Å². The van der Waals surface area contributed by atoms with Crippen molar-refractivity contribution in [3.63, 3.8) is 0 Å². The highest BCUT2D eigenvalue weighted by molar-refractivity contribution is 7.09. The number of thiazole rings is 1. The molecule has 3 nitrogen and oxygen atoms in total. The molecule has 1 aromatic carbocycles. The van der Waals surface area contributed by atoms with E-state index in [1.54, 1.807) is 11.3 Å². The molecule has 20 heavy (non-hydrogen) atoms. The van der Waals surface area contributed by atoms with Gasteiger partial charge in [-0.1, -0.05) is 23.7 Å². The molecule has 0 aliphatic heterocycles. The van der Waals surface area contributed by atoms with E-state index in [-0.39, 0.29) is 12.1 Å². The van der Waals surface area contributed by atoms with Gasteiger partial charge in [-0.2, -0.15) is 0 Å². The average molecular weight is 310 g/mol. The molecule has 0 fully saturated rings. The second-order valence-corrected chi connectivity index (χ2v) is 6.51. The first-order chi connectivity index (χ1) is 9.49. The zero-order valence-electron chi connectivity index (χ0n) is 12.0. The summed E-state index contributed by atoms with van der Waals surface area (Å²) in [5.74, 6) is 0. The summed E-state index contributed by atoms with van der Waals surface area (Å²) in [6.45, 7) is 4.93. The van der Waals surface area contributed by atoms with Crippen LogP contribution in [0, 0.1) is 6.92 Å². The second-order valence-electron chi connectivity index (χ2n) is 5.13. The number of hydrogen-bond acceptors (Lipinski definition) is 4. The third-order valence-electron chi connectivity index (χ3n) is 3.42. The first-order valence-corrected chi connectivity index (χ1v) is 7.85. The van der Waals surface area contributed by atoms with Crippen LogP contribution in [0.2, 0.25) is 5.02 Å². The van der Waals surface area contributed by atoms with Gasteiger partial charge < -0.3 is 5.73 Å². The number of halogens is 1. The Balaban J connectivity index is 2.20. The molecule has 2 unspecified atom stereocenters. The minimum Gasteiger partial charge on any atom is -0.326 e. The summed E-state index contributed by atoms with van der Waals surface area (Å²) >= 11 is 7.65. The normalized spacial score (nSPS) is 14.5. The maximum Gasteiger partial charge on any atom is 0.0798 e. The van der Waals surface area contributed by atoms with Crippen LogP contribution in [0.5, 0.6) is 0 Å². The van der Waals surface area contributed by atoms with Gasteiger partial charge in [0.2, 0.25) is 0 Å². The Morgan fingerprint density at radius 2 is 2.00 bits per heavy atom. The molecule has 0 saturated heterocycles. The van der Waals surface area contributed by atoms with Crippen molar-refractivity contribution in [2.45, 2.75) is 32.5 Å². The van der Waals surface area contributed by atoms with Crippen molar-refractivity contribution in [2.24, 2.45) is 5.73 Å². The van der Waals surface area contributed by atoms with Gasteiger partial charge in [0.15, 0.2) is 0 Å². The molecule has 2 rings (SSSR count). The predicted octanol–water partition coefficient (Wildman–Crippen LogP) is 3.63. The molecule has 108 valence electrons. The largest absolute Gasteiger partial charge is 0.326 e. The highest BCUT2D eigenvalue weighted by Crippen LogP contribution is 2.26. The Morgan fingerprint density at radius 1 is 1.35 bits per heavy atom. The number of aryl methyl sites for hydroxylation is 1. The van der Waals surface area contributed by atoms with Crippen LogP contribution in [-0.2, 0) is 6.54 Å². The predicted molar refractivity (Wildman–Crippen MR) is 86.2 cm³/mol. The van der Waals surface area contributed by atoms with Gasteiger partial charge in [-0.25, -0.2) is 4.98 Å². The summed E-state index contributed by atoms with van der Waals surface area (Å²) in [4.78, 5) is 7.86. The lowest BCUT2D eigenvalue weighted by atomic mass is 9.99. The Kier molecular flexibility index (Phi) is 5.16. The summed E-state index contributed by atoms with van der Waals surface area (Å²) in [6.07, 6.45) is 0. The van der Waals surface area contributed by atoms with Crippen LogP contribution in [0.25, 0.3) is 0 Å². The van der Waals surface area contributed by atoms with Gasteiger partial charge in [0.1, 0.15) is 0 Å². The monoisotopic (exact) mass is 309 g/mol. The molecule has 0 saturated carbocycles. The van der Waals surface area contributed by atoms with Gasteiger partial charge in [0, 0.05) is 28.5 Å². The Hall–Kier alpha value is -0.940. The van der Waals surface area contributed by atoms with Crippen molar-refractivity contribution in [3.8, 4) is 0 Å². The summed E-state index contributed by atoms with van der Waals surface area (Å²) in [5.41, 5.74) is 10.4. The number of likely N-dealkylation sites (N-methyl/N-ethyl adjacent to an activating group) is 1. The maximum absolute atomic E-state index is 6.19. The fraction of sp³-hybridized carbons (Fsp3) is 0.400. The van der Waals surface area contributed by atoms with Crippen molar-refractivity contribution in [1.82, 2.24) is 9.88 Å². The SMILES string of the molecule is Cc1ncsc1CN(C)C(c1ccc(Cl)cc1)C(C)N. The molecule has 0 aliphatic carbocycles. The highest BCUT2D eigenvalue weighted by atomic mass is 35.5. The van der Waals surface area contributed by atoms with Crippen molar-refractivity contribution in [2.75, 3.05) is 7.05 Å². The van der Waals surface area contributed by atoms with Crippen LogP contribution >= 0.6 is 22.9 Å². The number of rotatable bonds is 5. The van der Waals surface area contributed by atoms with E-state index in [4.69, 9.17) is 17.3 Å². The van der Waals surface area contributed by atoms with Gasteiger partial charge in [0.25, 0.3) is 0 Å². The lowest BCUT2D eigenvalue weighted by Gasteiger charge is -2.31. The summed E-state index contributed by atoms with van der Waals surface area (Å²) < 4.78 is 0. The van der Waals surface area contributed by atoms with E-state index in [0.29, 0.717) is 0 Å². The number of hydrogen-bond donors (Lipinski definition) is 1. The Bertz CT molecular complexity index is 551. The zero-order valence-corrected chi connectivity index (χ0v) is 13.6. The molecule has 0 bridgehead atoms. The zero-order chi connectivity index (χ0) is 14.7. The van der Waals surface area contributed by atoms with Crippen LogP contribution in [0.1, 0.15) is 29.1 Å². The molecular formula is C15H20ClN3S. The Labute approximate surface area is 129 Å². The molecule has 1 heterocycles. The first-order valence-electron chi connectivity index (χ1n) is 6.59. The van der Waals surface area contributed by atoms with E-state index in [1.165, 1.54) is 10.4 Å². The molecule has 2 N–H and O–H groups in total. The summed E-state index contributed by atoms with van der Waals surface area (Å²) in [5, 5.41) is 0.748. The third kappa shape index (κ3) is 3.58. The number of nitrogens with zero attached hydrogens (tertiary/aromatic N) is 2. The van der Waals surface area contributed by atoms with Gasteiger partial charge in [-0.3, -0.25) is 4.90 Å². The molecular weight excluding hydrogens is 290 g/mol. The van der Waals surface area contributed by atoms with Gasteiger partial charge in [-0.05, 0) is 38.6 Å². The van der Waals surface area contributed by atoms with Crippen LogP contribution in [0.3, 0.4) is 0 Å². The van der Waals surface area contributed by atoms with Crippen LogP contribution in [0.15, 0.2) is 29.8 Å². The van der Waals surface area contributed by atoms with E-state index in [0.717, 1.165) is 17.3 Å². The molecule has 5 heteroatoms. The van der Waals surface area contributed by atoms with Crippen molar-refractivity contribution >= 4 is 22.9 Å². The molecule has 0 amide bonds. The van der Waals surface area contributed by atoms with E-state index >= 15 is 0 Å². The lowest BCUT2D eigenvalue weighted by molar-refractivity contribution is 0.212. The number of nitrogens with two attached hydrogens (primary N) is 1. The first kappa shape index (κ1) is 15.4. The van der Waals surface area contributed by atoms with Crippen LogP contribution < -0.4 is 5.73 Å². The standard InChI is InChI=1S/C15H20ClN3S/c1-10(17)15(12-4-6-13(16)7-5-12)19(3)8-14-11(2)18-9-20-14/h4-7,9-10,15H,8,17H2,1-3H3. The summed E-state index contributed by atoms with van der Waals surface area (Å²) in [6, 6.07) is 8.12. The second kappa shape index (κ2) is 6.68. The molecule has 0 radical (unpaired) electrons. The number of benzene rings is 1. The summed E-state index contributed by atoms with van der Waals surface area (Å²) in [7, 11) is 2.10. The molecule has 2 atom stereocenters. The van der Waals surface area contributed by atoms with Crippen molar-refractivity contribution in [3.05, 3.63) is 50.9 Å². The maximum atomic E-state index is 6.19. The number of aromatic nitrogens is 1. The van der Waals surface area contributed by atoms with Crippen molar-refractivity contribution < 1.29 is 0 Å². The molecule has 0 spiro atoms. The van der Waals surface area contributed by atoms with Crippen LogP contribution in [-0.4, -0.2) is 23.0 Å². The van der Waals surface area contributed by atoms with E-state index in [9.17, 15) is 0 Å². The fourth-order valence-electron chi connectivity index (χ4n) is 2.42. The van der Waals surface area contributed by atoms with Gasteiger partial charge >= 0.3 is 0 Å². The van der Waals surface area contributed by atoms with Gasteiger partial charge in [0.05, 0.1) is 11.2 Å². The average Bonchev–Trinajstić information content (AvgIpc) is 2.77. The minimum atomic E-state index is 0.0365.